The fourth-order valence-electron chi connectivity index (χ4n) is 7.48. The van der Waals surface area contributed by atoms with Crippen LogP contribution >= 0.6 is 0 Å². The van der Waals surface area contributed by atoms with Crippen molar-refractivity contribution in [2.45, 2.75) is 40.5 Å². The first-order valence-corrected chi connectivity index (χ1v) is 16.6. The summed E-state index contributed by atoms with van der Waals surface area (Å²) in [6.45, 7) is 8.17. The number of pyridine rings is 4. The Kier molecular flexibility index (Phi) is 6.48. The van der Waals surface area contributed by atoms with Gasteiger partial charge < -0.3 is 0 Å². The summed E-state index contributed by atoms with van der Waals surface area (Å²) in [7, 11) is 0. The summed E-state index contributed by atoms with van der Waals surface area (Å²) >= 11 is 0. The highest BCUT2D eigenvalue weighted by atomic mass is 14.7. The molecule has 9 rings (SSSR count). The Morgan fingerprint density at radius 3 is 1.44 bits per heavy atom. The van der Waals surface area contributed by atoms with Gasteiger partial charge in [0, 0.05) is 58.7 Å². The van der Waals surface area contributed by atoms with E-state index in [-0.39, 0.29) is 0 Å². The van der Waals surface area contributed by atoms with E-state index < -0.39 is 0 Å². The smallest absolute Gasteiger partial charge is 0.0373 e. The molecule has 2 aliphatic carbocycles. The fourth-order valence-corrected chi connectivity index (χ4v) is 7.48. The van der Waals surface area contributed by atoms with Gasteiger partial charge in [0.05, 0.1) is 0 Å². The van der Waals surface area contributed by atoms with Crippen molar-refractivity contribution < 1.29 is 0 Å². The standard InChI is InChI=1S/C44H34N4/c1-25-5-9-29(21-45-25)33-13-37-14-34(30-10-6-26(2)46-22-30)19-41-42-20-36(32-12-8-28(4)48-24-32)16-38-15-35(31-11-7-27(3)47-23-31)18-40(44(38)42)39(17-33)43(37)41/h5-15,17-18,20-24H,16,19H2,1-4H3. The molecule has 48 heavy (non-hydrogen) atoms. The van der Waals surface area contributed by atoms with Crippen molar-refractivity contribution in [2.24, 2.45) is 0 Å². The molecule has 4 aromatic heterocycles. The van der Waals surface area contributed by atoms with Crippen LogP contribution < -0.4 is 0 Å². The van der Waals surface area contributed by atoms with Crippen molar-refractivity contribution in [2.75, 3.05) is 0 Å². The van der Waals surface area contributed by atoms with E-state index in [1.165, 1.54) is 77.2 Å². The molecule has 0 amide bonds. The summed E-state index contributed by atoms with van der Waals surface area (Å²) in [6, 6.07) is 26.8. The van der Waals surface area contributed by atoms with Crippen LogP contribution in [-0.2, 0) is 12.8 Å². The van der Waals surface area contributed by atoms with Gasteiger partial charge in [0.2, 0.25) is 0 Å². The number of benzene rings is 3. The quantitative estimate of drug-likeness (QED) is 0.184. The van der Waals surface area contributed by atoms with Crippen molar-refractivity contribution in [3.05, 3.63) is 154 Å². The van der Waals surface area contributed by atoms with E-state index >= 15 is 0 Å². The lowest BCUT2D eigenvalue weighted by atomic mass is 9.76. The minimum Gasteiger partial charge on any atom is -0.261 e. The molecular weight excluding hydrogens is 585 g/mol. The lowest BCUT2D eigenvalue weighted by Gasteiger charge is -2.28. The van der Waals surface area contributed by atoms with E-state index in [0.717, 1.165) is 46.7 Å². The number of fused-ring (bicyclic) bond motifs is 2. The second-order valence-corrected chi connectivity index (χ2v) is 13.4. The number of rotatable bonds is 4. The van der Waals surface area contributed by atoms with Gasteiger partial charge >= 0.3 is 0 Å². The molecule has 0 fully saturated rings. The second kappa shape index (κ2) is 10.9. The zero-order valence-corrected chi connectivity index (χ0v) is 27.6. The predicted octanol–water partition coefficient (Wildman–Crippen LogP) is 10.3. The van der Waals surface area contributed by atoms with Gasteiger partial charge in [-0.2, -0.15) is 0 Å². The van der Waals surface area contributed by atoms with Gasteiger partial charge in [-0.15, -0.1) is 0 Å². The van der Waals surface area contributed by atoms with Crippen LogP contribution in [0.15, 0.2) is 97.6 Å². The van der Waals surface area contributed by atoms with Crippen LogP contribution in [0.3, 0.4) is 0 Å². The van der Waals surface area contributed by atoms with Crippen LogP contribution in [0, 0.1) is 27.7 Å². The van der Waals surface area contributed by atoms with Crippen molar-refractivity contribution >= 4 is 44.8 Å². The molecular formula is C44H34N4. The van der Waals surface area contributed by atoms with Crippen LogP contribution in [0.25, 0.3) is 67.1 Å². The molecule has 0 radical (unpaired) electrons. The molecule has 3 aromatic carbocycles. The first kappa shape index (κ1) is 28.5. The van der Waals surface area contributed by atoms with Gasteiger partial charge in [-0.3, -0.25) is 19.9 Å². The highest BCUT2D eigenvalue weighted by molar-refractivity contribution is 6.21. The summed E-state index contributed by atoms with van der Waals surface area (Å²) in [5, 5.41) is 5.24. The van der Waals surface area contributed by atoms with E-state index in [2.05, 4.69) is 105 Å². The maximum absolute atomic E-state index is 4.68. The third kappa shape index (κ3) is 4.75. The van der Waals surface area contributed by atoms with Crippen molar-refractivity contribution in [1.29, 1.82) is 0 Å². The van der Waals surface area contributed by atoms with E-state index in [4.69, 9.17) is 0 Å². The predicted molar refractivity (Wildman–Crippen MR) is 198 cm³/mol. The van der Waals surface area contributed by atoms with Gasteiger partial charge in [-0.1, -0.05) is 36.4 Å². The SMILES string of the molecule is Cc1ccc(C2=Cc3c4c5c(cc(-c6ccc(C)nc6)cc5c5cc(-c6ccc(C)nc6)cc(c35)C2)C=C(c2ccc(C)nc2)C4)cn1. The highest BCUT2D eigenvalue weighted by Crippen LogP contribution is 2.48. The van der Waals surface area contributed by atoms with Crippen molar-refractivity contribution in [1.82, 2.24) is 19.9 Å². The molecule has 0 atom stereocenters. The Bertz CT molecular complexity index is 2480. The fraction of sp³-hybridized carbons (Fsp3) is 0.136. The molecule has 2 aliphatic rings. The van der Waals surface area contributed by atoms with E-state index in [9.17, 15) is 0 Å². The molecule has 0 saturated carbocycles. The molecule has 230 valence electrons. The zero-order chi connectivity index (χ0) is 32.5. The molecule has 0 unspecified atom stereocenters. The molecule has 0 aliphatic heterocycles. The Hall–Kier alpha value is -5.74. The first-order chi connectivity index (χ1) is 23.4. The Labute approximate surface area is 280 Å². The Balaban J connectivity index is 1.39. The minimum atomic E-state index is 0.837. The lowest BCUT2D eigenvalue weighted by Crippen LogP contribution is -2.08. The second-order valence-electron chi connectivity index (χ2n) is 13.4. The number of nitrogens with zero attached hydrogens (tertiary/aromatic N) is 4. The van der Waals surface area contributed by atoms with Crippen LogP contribution in [0.4, 0.5) is 0 Å². The molecule has 0 bridgehead atoms. The van der Waals surface area contributed by atoms with Gasteiger partial charge in [-0.05, 0) is 166 Å². The summed E-state index contributed by atoms with van der Waals surface area (Å²) in [6.07, 6.45) is 14.6. The summed E-state index contributed by atoms with van der Waals surface area (Å²) in [4.78, 5) is 18.7. The lowest BCUT2D eigenvalue weighted by molar-refractivity contribution is 1.17. The van der Waals surface area contributed by atoms with E-state index in [1.807, 2.05) is 52.5 Å². The topological polar surface area (TPSA) is 51.6 Å². The maximum atomic E-state index is 4.68. The van der Waals surface area contributed by atoms with Gasteiger partial charge in [0.15, 0.2) is 0 Å². The molecule has 0 saturated heterocycles. The largest absolute Gasteiger partial charge is 0.261 e. The minimum absolute atomic E-state index is 0.837. The molecule has 7 aromatic rings. The summed E-state index contributed by atoms with van der Waals surface area (Å²) in [5.74, 6) is 0. The molecule has 4 nitrogen and oxygen atoms in total. The van der Waals surface area contributed by atoms with Crippen LogP contribution in [0.5, 0.6) is 0 Å². The highest BCUT2D eigenvalue weighted by Gasteiger charge is 2.27. The number of hydrogen-bond donors (Lipinski definition) is 0. The molecule has 4 heteroatoms. The molecule has 4 heterocycles. The van der Waals surface area contributed by atoms with Gasteiger partial charge in [0.25, 0.3) is 0 Å². The number of allylic oxidation sites excluding steroid dienone is 2. The average molecular weight is 619 g/mol. The summed E-state index contributed by atoms with van der Waals surface area (Å²) < 4.78 is 0. The Morgan fingerprint density at radius 1 is 0.438 bits per heavy atom. The average Bonchev–Trinajstić information content (AvgIpc) is 3.10. The Morgan fingerprint density at radius 2 is 0.917 bits per heavy atom. The maximum Gasteiger partial charge on any atom is 0.0373 e. The third-order valence-corrected chi connectivity index (χ3v) is 10.0. The van der Waals surface area contributed by atoms with E-state index in [0.29, 0.717) is 0 Å². The third-order valence-electron chi connectivity index (χ3n) is 10.0. The number of aryl methyl sites for hydroxylation is 4. The van der Waals surface area contributed by atoms with Crippen LogP contribution in [0.1, 0.15) is 56.2 Å². The van der Waals surface area contributed by atoms with Gasteiger partial charge in [-0.25, -0.2) is 0 Å². The van der Waals surface area contributed by atoms with E-state index in [1.54, 1.807) is 0 Å². The number of aromatic nitrogens is 4. The van der Waals surface area contributed by atoms with Crippen LogP contribution in [-0.4, -0.2) is 19.9 Å². The molecule has 0 N–H and O–H groups in total. The normalized spacial score (nSPS) is 13.5. The van der Waals surface area contributed by atoms with Crippen LogP contribution in [0.2, 0.25) is 0 Å². The van der Waals surface area contributed by atoms with Crippen molar-refractivity contribution in [3.63, 3.8) is 0 Å². The van der Waals surface area contributed by atoms with Crippen molar-refractivity contribution in [3.8, 4) is 22.3 Å². The zero-order valence-electron chi connectivity index (χ0n) is 27.6. The number of hydrogen-bond acceptors (Lipinski definition) is 4. The first-order valence-electron chi connectivity index (χ1n) is 16.6. The summed E-state index contributed by atoms with van der Waals surface area (Å²) in [5.41, 5.74) is 18.9. The molecule has 0 spiro atoms. The van der Waals surface area contributed by atoms with Gasteiger partial charge in [0.1, 0.15) is 0 Å². The monoisotopic (exact) mass is 618 g/mol.